The van der Waals surface area contributed by atoms with Gasteiger partial charge in [-0.15, -0.1) is 12.4 Å². The summed E-state index contributed by atoms with van der Waals surface area (Å²) < 4.78 is 15.6. The normalized spacial score (nSPS) is 10.0. The highest BCUT2D eigenvalue weighted by molar-refractivity contribution is 6.04. The van der Waals surface area contributed by atoms with E-state index in [2.05, 4.69) is 5.32 Å². The average molecular weight is 341 g/mol. The van der Waals surface area contributed by atoms with E-state index in [0.717, 1.165) is 17.0 Å². The fourth-order valence-corrected chi connectivity index (χ4v) is 1.91. The molecule has 0 saturated heterocycles. The Balaban J connectivity index is 0.00000264. The molecule has 0 fully saturated rings. The Morgan fingerprint density at radius 3 is 2.70 bits per heavy atom. The minimum Gasteiger partial charge on any atom is -0.491 e. The first-order valence-electron chi connectivity index (χ1n) is 6.95. The topological polar surface area (TPSA) is 86.7 Å². The average Bonchev–Trinajstić information content (AvgIpc) is 2.99. The molecule has 126 valence electrons. The number of nitrogens with one attached hydrogen (secondary N) is 1. The number of halogens is 1. The van der Waals surface area contributed by atoms with E-state index in [1.807, 2.05) is 13.0 Å². The molecule has 0 unspecified atom stereocenters. The van der Waals surface area contributed by atoms with E-state index in [-0.39, 0.29) is 24.9 Å². The molecule has 0 atom stereocenters. The Morgan fingerprint density at radius 2 is 2.09 bits per heavy atom. The molecule has 0 aliphatic carbocycles. The van der Waals surface area contributed by atoms with Crippen molar-refractivity contribution in [1.29, 1.82) is 0 Å². The van der Waals surface area contributed by atoms with Crippen LogP contribution in [0, 0.1) is 6.92 Å². The molecule has 1 aromatic carbocycles. The van der Waals surface area contributed by atoms with Gasteiger partial charge in [-0.05, 0) is 36.8 Å². The summed E-state index contributed by atoms with van der Waals surface area (Å²) in [7, 11) is 1.62. The van der Waals surface area contributed by atoms with Gasteiger partial charge in [-0.2, -0.15) is 0 Å². The van der Waals surface area contributed by atoms with Crippen molar-refractivity contribution in [3.05, 3.63) is 47.4 Å². The maximum Gasteiger partial charge on any atom is 0.258 e. The summed E-state index contributed by atoms with van der Waals surface area (Å²) >= 11 is 0. The fourth-order valence-electron chi connectivity index (χ4n) is 1.91. The summed E-state index contributed by atoms with van der Waals surface area (Å²) in [5.74, 6) is 1.07. The number of hydrogen-bond donors (Lipinski definition) is 2. The van der Waals surface area contributed by atoms with Crippen LogP contribution in [0.15, 0.2) is 34.9 Å². The van der Waals surface area contributed by atoms with Crippen LogP contribution in [-0.4, -0.2) is 26.2 Å². The Labute approximate surface area is 141 Å². The van der Waals surface area contributed by atoms with Gasteiger partial charge >= 0.3 is 0 Å². The van der Waals surface area contributed by atoms with Gasteiger partial charge in [0, 0.05) is 12.8 Å². The van der Waals surface area contributed by atoms with E-state index in [4.69, 9.17) is 19.6 Å². The number of carbonyl (C=O) groups excluding carboxylic acids is 1. The number of benzene rings is 1. The number of furan rings is 1. The summed E-state index contributed by atoms with van der Waals surface area (Å²) in [4.78, 5) is 12.1. The van der Waals surface area contributed by atoms with Crippen molar-refractivity contribution in [2.45, 2.75) is 13.5 Å². The van der Waals surface area contributed by atoms with E-state index in [1.165, 1.54) is 6.26 Å². The smallest absolute Gasteiger partial charge is 0.258 e. The van der Waals surface area contributed by atoms with E-state index >= 15 is 0 Å². The molecule has 0 spiro atoms. The van der Waals surface area contributed by atoms with Crippen LogP contribution >= 0.6 is 12.4 Å². The summed E-state index contributed by atoms with van der Waals surface area (Å²) in [5.41, 5.74) is 7.53. The Hall–Kier alpha value is -2.02. The van der Waals surface area contributed by atoms with Gasteiger partial charge in [-0.25, -0.2) is 0 Å². The van der Waals surface area contributed by atoms with Crippen LogP contribution in [0.4, 0.5) is 5.69 Å². The molecule has 23 heavy (non-hydrogen) atoms. The first-order chi connectivity index (χ1) is 10.6. The summed E-state index contributed by atoms with van der Waals surface area (Å²) in [6.45, 7) is 3.18. The number of carbonyl (C=O) groups is 1. The van der Waals surface area contributed by atoms with Crippen molar-refractivity contribution in [1.82, 2.24) is 0 Å². The largest absolute Gasteiger partial charge is 0.491 e. The zero-order valence-corrected chi connectivity index (χ0v) is 13.9. The predicted octanol–water partition coefficient (Wildman–Crippen LogP) is 2.75. The minimum atomic E-state index is -0.236. The molecule has 7 heteroatoms. The van der Waals surface area contributed by atoms with Crippen LogP contribution in [0.25, 0.3) is 0 Å². The van der Waals surface area contributed by atoms with Gasteiger partial charge in [0.25, 0.3) is 5.91 Å². The van der Waals surface area contributed by atoms with Gasteiger partial charge in [0.1, 0.15) is 24.4 Å². The van der Waals surface area contributed by atoms with E-state index in [9.17, 15) is 4.79 Å². The number of amides is 1. The summed E-state index contributed by atoms with van der Waals surface area (Å²) in [5, 5.41) is 2.84. The second-order valence-corrected chi connectivity index (χ2v) is 4.78. The van der Waals surface area contributed by atoms with Crippen LogP contribution in [0.1, 0.15) is 21.7 Å². The minimum absolute atomic E-state index is 0. The number of ether oxygens (including phenoxy) is 2. The van der Waals surface area contributed by atoms with E-state index in [0.29, 0.717) is 24.5 Å². The van der Waals surface area contributed by atoms with Crippen molar-refractivity contribution < 1.29 is 18.7 Å². The van der Waals surface area contributed by atoms with E-state index in [1.54, 1.807) is 25.3 Å². The first-order valence-corrected chi connectivity index (χ1v) is 6.95. The molecule has 2 rings (SSSR count). The first kappa shape index (κ1) is 19.0. The monoisotopic (exact) mass is 340 g/mol. The van der Waals surface area contributed by atoms with E-state index < -0.39 is 0 Å². The quantitative estimate of drug-likeness (QED) is 0.757. The molecule has 1 aromatic heterocycles. The lowest BCUT2D eigenvalue weighted by molar-refractivity contribution is 0.102. The highest BCUT2D eigenvalue weighted by Gasteiger charge is 2.11. The van der Waals surface area contributed by atoms with Crippen LogP contribution in [-0.2, 0) is 11.3 Å². The summed E-state index contributed by atoms with van der Waals surface area (Å²) in [6, 6.07) is 7.11. The van der Waals surface area contributed by atoms with Gasteiger partial charge < -0.3 is 24.9 Å². The number of hydrogen-bond acceptors (Lipinski definition) is 5. The standard InChI is InChI=1S/C16H20N2O4.ClH/c1-11-7-13(21-6-5-20-2)3-4-15(11)18-16(19)12-8-14(9-17)22-10-12;/h3-4,7-8,10H,5-6,9,17H2,1-2H3,(H,18,19);1H. The van der Waals surface area contributed by atoms with Crippen molar-refractivity contribution in [2.75, 3.05) is 25.6 Å². The molecule has 0 aliphatic heterocycles. The number of nitrogens with two attached hydrogens (primary N) is 1. The lowest BCUT2D eigenvalue weighted by atomic mass is 10.2. The molecule has 0 aliphatic rings. The van der Waals surface area contributed by atoms with Gasteiger partial charge in [0.05, 0.1) is 18.7 Å². The molecule has 2 aromatic rings. The van der Waals surface area contributed by atoms with Crippen LogP contribution in [0.3, 0.4) is 0 Å². The van der Waals surface area contributed by atoms with Crippen molar-refractivity contribution >= 4 is 24.0 Å². The zero-order chi connectivity index (χ0) is 15.9. The Morgan fingerprint density at radius 1 is 1.30 bits per heavy atom. The van der Waals surface area contributed by atoms with Gasteiger partial charge in [0.15, 0.2) is 0 Å². The highest BCUT2D eigenvalue weighted by Crippen LogP contribution is 2.22. The highest BCUT2D eigenvalue weighted by atomic mass is 35.5. The predicted molar refractivity (Wildman–Crippen MR) is 90.4 cm³/mol. The van der Waals surface area contributed by atoms with Gasteiger partial charge in [0.2, 0.25) is 0 Å². The van der Waals surface area contributed by atoms with Crippen LogP contribution in [0.2, 0.25) is 0 Å². The third kappa shape index (κ3) is 5.28. The molecule has 6 nitrogen and oxygen atoms in total. The Bertz CT molecular complexity index is 643. The molecule has 3 N–H and O–H groups in total. The molecular formula is C16H21ClN2O4. The molecular weight excluding hydrogens is 320 g/mol. The molecule has 1 heterocycles. The van der Waals surface area contributed by atoms with Crippen molar-refractivity contribution in [2.24, 2.45) is 5.73 Å². The summed E-state index contributed by atoms with van der Waals surface area (Å²) in [6.07, 6.45) is 1.40. The van der Waals surface area contributed by atoms with Crippen molar-refractivity contribution in [3.8, 4) is 5.75 Å². The number of methoxy groups -OCH3 is 1. The van der Waals surface area contributed by atoms with Crippen LogP contribution in [0.5, 0.6) is 5.75 Å². The second kappa shape index (κ2) is 9.19. The van der Waals surface area contributed by atoms with Crippen LogP contribution < -0.4 is 15.8 Å². The Kier molecular flexibility index (Phi) is 7.61. The number of rotatable bonds is 7. The maximum atomic E-state index is 12.1. The lowest BCUT2D eigenvalue weighted by Crippen LogP contribution is -2.12. The third-order valence-corrected chi connectivity index (χ3v) is 3.12. The van der Waals surface area contributed by atoms with Crippen molar-refractivity contribution in [3.63, 3.8) is 0 Å². The third-order valence-electron chi connectivity index (χ3n) is 3.12. The zero-order valence-electron chi connectivity index (χ0n) is 13.1. The lowest BCUT2D eigenvalue weighted by Gasteiger charge is -2.10. The maximum absolute atomic E-state index is 12.1. The molecule has 0 bridgehead atoms. The number of anilines is 1. The van der Waals surface area contributed by atoms with Gasteiger partial charge in [-0.3, -0.25) is 4.79 Å². The molecule has 0 radical (unpaired) electrons. The molecule has 1 amide bonds. The fraction of sp³-hybridized carbons (Fsp3) is 0.312. The molecule has 0 saturated carbocycles. The SMILES string of the molecule is COCCOc1ccc(NC(=O)c2coc(CN)c2)c(C)c1.Cl. The second-order valence-electron chi connectivity index (χ2n) is 4.78. The number of aryl methyl sites for hydroxylation is 1. The van der Waals surface area contributed by atoms with Gasteiger partial charge in [-0.1, -0.05) is 0 Å².